The Bertz CT molecular complexity index is 436. The molecule has 98 valence electrons. The summed E-state index contributed by atoms with van der Waals surface area (Å²) >= 11 is 5.64. The summed E-state index contributed by atoms with van der Waals surface area (Å²) in [6, 6.07) is 5.38. The number of fused-ring (bicyclic) bond motifs is 1. The minimum Gasteiger partial charge on any atom is -0.490 e. The highest BCUT2D eigenvalue weighted by Gasteiger charge is 2.14. The van der Waals surface area contributed by atoms with Crippen molar-refractivity contribution in [2.24, 2.45) is 5.92 Å². The molecule has 1 heterocycles. The van der Waals surface area contributed by atoms with Crippen molar-refractivity contribution in [3.8, 4) is 11.5 Å². The van der Waals surface area contributed by atoms with Gasteiger partial charge in [0.05, 0.1) is 13.2 Å². The first kappa shape index (κ1) is 13.0. The molecule has 0 saturated heterocycles. The van der Waals surface area contributed by atoms with Gasteiger partial charge in [-0.25, -0.2) is 0 Å². The van der Waals surface area contributed by atoms with Crippen LogP contribution >= 0.6 is 11.6 Å². The van der Waals surface area contributed by atoms with E-state index in [2.05, 4.69) is 5.32 Å². The van der Waals surface area contributed by atoms with Crippen LogP contribution in [0.3, 0.4) is 0 Å². The number of amides is 1. The molecular weight excluding hydrogens is 254 g/mol. The number of hydrogen-bond donors (Lipinski definition) is 1. The molecule has 1 aromatic rings. The number of benzene rings is 1. The minimum atomic E-state index is -0.220. The van der Waals surface area contributed by atoms with E-state index in [0.29, 0.717) is 30.5 Å². The number of ether oxygens (including phenoxy) is 2. The van der Waals surface area contributed by atoms with Crippen molar-refractivity contribution < 1.29 is 14.3 Å². The molecule has 4 nitrogen and oxygen atoms in total. The molecule has 0 aromatic heterocycles. The molecule has 1 unspecified atom stereocenters. The van der Waals surface area contributed by atoms with Crippen LogP contribution in [0.1, 0.15) is 13.3 Å². The molecular formula is C13H16ClNO3. The van der Waals surface area contributed by atoms with Crippen molar-refractivity contribution in [2.45, 2.75) is 13.3 Å². The average molecular weight is 270 g/mol. The van der Waals surface area contributed by atoms with Crippen LogP contribution in [0.25, 0.3) is 0 Å². The fourth-order valence-electron chi connectivity index (χ4n) is 1.58. The lowest BCUT2D eigenvalue weighted by Crippen LogP contribution is -2.21. The molecule has 0 fully saturated rings. The summed E-state index contributed by atoms with van der Waals surface area (Å²) in [5, 5.41) is 2.80. The Labute approximate surface area is 111 Å². The first-order valence-electron chi connectivity index (χ1n) is 5.97. The van der Waals surface area contributed by atoms with Crippen LogP contribution in [0.15, 0.2) is 18.2 Å². The van der Waals surface area contributed by atoms with Crippen molar-refractivity contribution in [1.82, 2.24) is 0 Å². The molecule has 1 amide bonds. The second kappa shape index (κ2) is 5.96. The zero-order valence-electron chi connectivity index (χ0n) is 10.2. The normalized spacial score (nSPS) is 15.7. The largest absolute Gasteiger partial charge is 0.490 e. The van der Waals surface area contributed by atoms with Gasteiger partial charge in [0.2, 0.25) is 5.91 Å². The molecule has 0 radical (unpaired) electrons. The van der Waals surface area contributed by atoms with Crippen molar-refractivity contribution in [3.05, 3.63) is 18.2 Å². The Morgan fingerprint density at radius 1 is 1.39 bits per heavy atom. The van der Waals surface area contributed by atoms with Crippen molar-refractivity contribution >= 4 is 23.2 Å². The summed E-state index contributed by atoms with van der Waals surface area (Å²) in [5.74, 6) is 1.37. The number of nitrogens with one attached hydrogen (secondary N) is 1. The average Bonchev–Trinajstić information content (AvgIpc) is 2.62. The van der Waals surface area contributed by atoms with Crippen LogP contribution in [0.5, 0.6) is 11.5 Å². The van der Waals surface area contributed by atoms with E-state index in [1.165, 1.54) is 0 Å². The molecule has 5 heteroatoms. The number of carbonyl (C=O) groups excluding carboxylic acids is 1. The summed E-state index contributed by atoms with van der Waals surface area (Å²) in [7, 11) is 0. The first-order valence-corrected chi connectivity index (χ1v) is 6.50. The maximum atomic E-state index is 11.7. The number of carbonyl (C=O) groups is 1. The fraction of sp³-hybridized carbons (Fsp3) is 0.462. The lowest BCUT2D eigenvalue weighted by Gasteiger charge is -2.12. The van der Waals surface area contributed by atoms with Crippen molar-refractivity contribution in [1.29, 1.82) is 0 Å². The Hall–Kier alpha value is -1.42. The van der Waals surface area contributed by atoms with E-state index in [1.807, 2.05) is 6.07 Å². The van der Waals surface area contributed by atoms with E-state index < -0.39 is 0 Å². The van der Waals surface area contributed by atoms with Gasteiger partial charge in [-0.1, -0.05) is 6.92 Å². The number of anilines is 1. The highest BCUT2D eigenvalue weighted by Crippen LogP contribution is 2.32. The van der Waals surface area contributed by atoms with E-state index in [1.54, 1.807) is 19.1 Å². The lowest BCUT2D eigenvalue weighted by atomic mass is 10.2. The molecule has 0 spiro atoms. The highest BCUT2D eigenvalue weighted by molar-refractivity contribution is 6.19. The topological polar surface area (TPSA) is 47.6 Å². The molecule has 1 aliphatic rings. The Morgan fingerprint density at radius 2 is 2.11 bits per heavy atom. The van der Waals surface area contributed by atoms with Crippen molar-refractivity contribution in [3.63, 3.8) is 0 Å². The van der Waals surface area contributed by atoms with Gasteiger partial charge in [0.15, 0.2) is 11.5 Å². The van der Waals surface area contributed by atoms with E-state index in [9.17, 15) is 4.79 Å². The van der Waals surface area contributed by atoms with Gasteiger partial charge in [-0.2, -0.15) is 0 Å². The van der Waals surface area contributed by atoms with Gasteiger partial charge in [0.1, 0.15) is 0 Å². The molecule has 1 atom stereocenters. The molecule has 1 aliphatic heterocycles. The third-order valence-corrected chi connectivity index (χ3v) is 3.16. The van der Waals surface area contributed by atoms with Crippen LogP contribution < -0.4 is 14.8 Å². The number of alkyl halides is 1. The SMILES string of the molecule is CC(CCl)C(=O)Nc1ccc2c(c1)OCCCO2. The molecule has 2 rings (SSSR count). The monoisotopic (exact) mass is 269 g/mol. The van der Waals surface area contributed by atoms with E-state index in [-0.39, 0.29) is 11.8 Å². The quantitative estimate of drug-likeness (QED) is 0.858. The van der Waals surface area contributed by atoms with Gasteiger partial charge in [0, 0.05) is 30.0 Å². The van der Waals surface area contributed by atoms with Crippen LogP contribution in [0.4, 0.5) is 5.69 Å². The Balaban J connectivity index is 2.11. The van der Waals surface area contributed by atoms with Crippen molar-refractivity contribution in [2.75, 3.05) is 24.4 Å². The van der Waals surface area contributed by atoms with Crippen LogP contribution in [-0.4, -0.2) is 25.0 Å². The standard InChI is InChI=1S/C13H16ClNO3/c1-9(8-14)13(16)15-10-3-4-11-12(7-10)18-6-2-5-17-11/h3-4,7,9H,2,5-6,8H2,1H3,(H,15,16). The predicted molar refractivity (Wildman–Crippen MR) is 70.6 cm³/mol. The smallest absolute Gasteiger partial charge is 0.228 e. The van der Waals surface area contributed by atoms with Gasteiger partial charge in [0.25, 0.3) is 0 Å². The molecule has 0 aliphatic carbocycles. The predicted octanol–water partition coefficient (Wildman–Crippen LogP) is 2.66. The fourth-order valence-corrected chi connectivity index (χ4v) is 1.72. The van der Waals surface area contributed by atoms with Gasteiger partial charge >= 0.3 is 0 Å². The Kier molecular flexibility index (Phi) is 4.31. The maximum Gasteiger partial charge on any atom is 0.228 e. The van der Waals surface area contributed by atoms with E-state index in [0.717, 1.165) is 12.2 Å². The van der Waals surface area contributed by atoms with Gasteiger partial charge in [-0.3, -0.25) is 4.79 Å². The van der Waals surface area contributed by atoms with Gasteiger partial charge in [-0.05, 0) is 12.1 Å². The summed E-state index contributed by atoms with van der Waals surface area (Å²) in [5.41, 5.74) is 0.696. The number of halogens is 1. The Morgan fingerprint density at radius 3 is 2.83 bits per heavy atom. The molecule has 0 bridgehead atoms. The lowest BCUT2D eigenvalue weighted by molar-refractivity contribution is -0.118. The van der Waals surface area contributed by atoms with Crippen LogP contribution in [0, 0.1) is 5.92 Å². The summed E-state index contributed by atoms with van der Waals surface area (Å²) in [6.07, 6.45) is 0.861. The van der Waals surface area contributed by atoms with E-state index in [4.69, 9.17) is 21.1 Å². The molecule has 18 heavy (non-hydrogen) atoms. The number of rotatable bonds is 3. The molecule has 1 aromatic carbocycles. The second-order valence-electron chi connectivity index (χ2n) is 4.26. The summed E-state index contributed by atoms with van der Waals surface area (Å²) in [4.78, 5) is 11.7. The van der Waals surface area contributed by atoms with Crippen LogP contribution in [0.2, 0.25) is 0 Å². The first-order chi connectivity index (χ1) is 8.70. The summed E-state index contributed by atoms with van der Waals surface area (Å²) in [6.45, 7) is 3.07. The van der Waals surface area contributed by atoms with Gasteiger partial charge < -0.3 is 14.8 Å². The maximum absolute atomic E-state index is 11.7. The highest BCUT2D eigenvalue weighted by atomic mass is 35.5. The second-order valence-corrected chi connectivity index (χ2v) is 4.57. The zero-order chi connectivity index (χ0) is 13.0. The third kappa shape index (κ3) is 3.07. The zero-order valence-corrected chi connectivity index (χ0v) is 11.0. The van der Waals surface area contributed by atoms with Crippen LogP contribution in [-0.2, 0) is 4.79 Å². The third-order valence-electron chi connectivity index (χ3n) is 2.69. The molecule has 1 N–H and O–H groups in total. The molecule has 0 saturated carbocycles. The summed E-state index contributed by atoms with van der Waals surface area (Å²) < 4.78 is 11.1. The van der Waals surface area contributed by atoms with E-state index >= 15 is 0 Å². The minimum absolute atomic E-state index is 0.0977. The van der Waals surface area contributed by atoms with Gasteiger partial charge in [-0.15, -0.1) is 11.6 Å². The number of hydrogen-bond acceptors (Lipinski definition) is 3.